The summed E-state index contributed by atoms with van der Waals surface area (Å²) >= 11 is 0. The van der Waals surface area contributed by atoms with Gasteiger partial charge in [-0.2, -0.15) is 0 Å². The van der Waals surface area contributed by atoms with Crippen molar-refractivity contribution in [1.82, 2.24) is 4.90 Å². The fourth-order valence-electron chi connectivity index (χ4n) is 1.25. The van der Waals surface area contributed by atoms with Gasteiger partial charge in [0.2, 0.25) is 5.91 Å². The molecule has 1 unspecified atom stereocenters. The van der Waals surface area contributed by atoms with Gasteiger partial charge in [0.25, 0.3) is 6.43 Å². The summed E-state index contributed by atoms with van der Waals surface area (Å²) in [6, 6.07) is 0. The number of carbonyl (C=O) groups excluding carboxylic acids is 1. The van der Waals surface area contributed by atoms with E-state index in [1.807, 2.05) is 13.8 Å². The summed E-state index contributed by atoms with van der Waals surface area (Å²) in [6.45, 7) is 11.2. The molecule has 0 spiro atoms. The molecule has 4 heteroatoms. The fraction of sp³-hybridized carbons (Fsp3) is 0.917. The topological polar surface area (TPSA) is 20.3 Å². The Morgan fingerprint density at radius 2 is 1.62 bits per heavy atom. The van der Waals surface area contributed by atoms with E-state index in [9.17, 15) is 13.6 Å². The lowest BCUT2D eigenvalue weighted by Crippen LogP contribution is -2.42. The van der Waals surface area contributed by atoms with Crippen molar-refractivity contribution in [1.29, 1.82) is 0 Å². The number of hydrogen-bond acceptors (Lipinski definition) is 1. The monoisotopic (exact) mass is 237 g/mol. The van der Waals surface area contributed by atoms with E-state index < -0.39 is 23.7 Å². The number of hydrogen-bond donors (Lipinski definition) is 0. The maximum absolute atomic E-state index is 12.7. The van der Waals surface area contributed by atoms with E-state index in [1.54, 1.807) is 34.7 Å². The molecule has 0 bridgehead atoms. The first-order chi connectivity index (χ1) is 7.21. The first kappa shape index (κ1) is 17.7. The van der Waals surface area contributed by atoms with Crippen LogP contribution in [-0.2, 0) is 4.79 Å². The second-order valence-corrected chi connectivity index (χ2v) is 4.53. The van der Waals surface area contributed by atoms with Gasteiger partial charge in [-0.25, -0.2) is 8.78 Å². The second kappa shape index (κ2) is 7.58. The zero-order chi connectivity index (χ0) is 13.5. The van der Waals surface area contributed by atoms with Crippen LogP contribution in [0.5, 0.6) is 0 Å². The number of carbonyl (C=O) groups is 1. The molecule has 0 rings (SSSR count). The zero-order valence-electron chi connectivity index (χ0n) is 11.5. The van der Waals surface area contributed by atoms with Gasteiger partial charge in [-0.15, -0.1) is 0 Å². The highest BCUT2D eigenvalue weighted by molar-refractivity contribution is 5.79. The summed E-state index contributed by atoms with van der Waals surface area (Å²) in [6.07, 6.45) is -2.60. The molecule has 0 N–H and O–H groups in total. The molecular weight excluding hydrogens is 212 g/mol. The first-order valence-electron chi connectivity index (χ1n) is 5.75. The third kappa shape index (κ3) is 5.42. The maximum atomic E-state index is 12.7. The molecule has 0 fully saturated rings. The Morgan fingerprint density at radius 3 is 1.81 bits per heavy atom. The van der Waals surface area contributed by atoms with E-state index in [4.69, 9.17) is 0 Å². The van der Waals surface area contributed by atoms with Gasteiger partial charge in [0.1, 0.15) is 5.92 Å². The quantitative estimate of drug-likeness (QED) is 0.736. The third-order valence-corrected chi connectivity index (χ3v) is 2.30. The van der Waals surface area contributed by atoms with Gasteiger partial charge in [0, 0.05) is 13.6 Å². The molecule has 1 atom stereocenters. The summed E-state index contributed by atoms with van der Waals surface area (Å²) in [5, 5.41) is 0. The minimum atomic E-state index is -2.60. The van der Waals surface area contributed by atoms with E-state index in [1.165, 1.54) is 4.90 Å². The van der Waals surface area contributed by atoms with E-state index in [2.05, 4.69) is 0 Å². The van der Waals surface area contributed by atoms with Crippen LogP contribution in [0.3, 0.4) is 0 Å². The Balaban J connectivity index is 0. The Kier molecular flexibility index (Phi) is 8.39. The van der Waals surface area contributed by atoms with Crippen molar-refractivity contribution in [2.24, 2.45) is 11.3 Å². The van der Waals surface area contributed by atoms with Crippen molar-refractivity contribution < 1.29 is 13.6 Å². The number of halogens is 2. The van der Waals surface area contributed by atoms with Crippen LogP contribution < -0.4 is 0 Å². The molecule has 0 aliphatic heterocycles. The fourth-order valence-corrected chi connectivity index (χ4v) is 1.25. The van der Waals surface area contributed by atoms with Crippen LogP contribution in [0.2, 0.25) is 0 Å². The van der Waals surface area contributed by atoms with Crippen LogP contribution in [-0.4, -0.2) is 30.8 Å². The van der Waals surface area contributed by atoms with Crippen LogP contribution in [0, 0.1) is 11.3 Å². The van der Waals surface area contributed by atoms with Crippen LogP contribution in [0.15, 0.2) is 0 Å². The SMILES string of the molecule is CC.CCN(C)C(=O)C(C(F)F)C(C)(C)C. The zero-order valence-corrected chi connectivity index (χ0v) is 11.5. The van der Waals surface area contributed by atoms with Gasteiger partial charge in [-0.05, 0) is 12.3 Å². The van der Waals surface area contributed by atoms with Gasteiger partial charge >= 0.3 is 0 Å². The van der Waals surface area contributed by atoms with Crippen molar-refractivity contribution in [2.45, 2.75) is 48.0 Å². The first-order valence-corrected chi connectivity index (χ1v) is 5.75. The largest absolute Gasteiger partial charge is 0.346 e. The molecule has 2 nitrogen and oxygen atoms in total. The summed E-state index contributed by atoms with van der Waals surface area (Å²) in [5.74, 6) is -1.69. The van der Waals surface area contributed by atoms with Crippen molar-refractivity contribution in [3.8, 4) is 0 Å². The smallest absolute Gasteiger partial charge is 0.250 e. The Morgan fingerprint density at radius 1 is 1.25 bits per heavy atom. The summed E-state index contributed by atoms with van der Waals surface area (Å²) in [7, 11) is 1.55. The van der Waals surface area contributed by atoms with E-state index in [0.717, 1.165) is 0 Å². The van der Waals surface area contributed by atoms with Gasteiger partial charge in [-0.3, -0.25) is 4.79 Å². The molecule has 0 aliphatic rings. The van der Waals surface area contributed by atoms with Crippen LogP contribution in [0.1, 0.15) is 41.5 Å². The average Bonchev–Trinajstić information content (AvgIpc) is 2.16. The molecule has 1 amide bonds. The van der Waals surface area contributed by atoms with Gasteiger partial charge in [-0.1, -0.05) is 34.6 Å². The summed E-state index contributed by atoms with van der Waals surface area (Å²) in [5.41, 5.74) is -0.700. The predicted molar refractivity (Wildman–Crippen MR) is 63.6 cm³/mol. The third-order valence-electron chi connectivity index (χ3n) is 2.30. The molecule has 16 heavy (non-hydrogen) atoms. The van der Waals surface area contributed by atoms with Crippen LogP contribution in [0.25, 0.3) is 0 Å². The normalized spacial score (nSPS) is 12.9. The lowest BCUT2D eigenvalue weighted by molar-refractivity contribution is -0.144. The molecule has 98 valence electrons. The lowest BCUT2D eigenvalue weighted by atomic mass is 9.80. The maximum Gasteiger partial charge on any atom is 0.250 e. The Labute approximate surface area is 98.0 Å². The molecule has 0 aromatic rings. The van der Waals surface area contributed by atoms with Crippen molar-refractivity contribution in [2.75, 3.05) is 13.6 Å². The summed E-state index contributed by atoms with van der Waals surface area (Å²) in [4.78, 5) is 12.9. The number of rotatable bonds is 3. The molecular formula is C12H25F2NO. The molecule has 0 heterocycles. The Bertz CT molecular complexity index is 200. The predicted octanol–water partition coefficient (Wildman–Crippen LogP) is 3.42. The molecule has 0 aromatic heterocycles. The number of alkyl halides is 2. The Hall–Kier alpha value is -0.670. The van der Waals surface area contributed by atoms with Crippen molar-refractivity contribution >= 4 is 5.91 Å². The highest BCUT2D eigenvalue weighted by Gasteiger charge is 2.39. The van der Waals surface area contributed by atoms with Gasteiger partial charge in [0.15, 0.2) is 0 Å². The van der Waals surface area contributed by atoms with E-state index in [0.29, 0.717) is 6.54 Å². The minimum Gasteiger partial charge on any atom is -0.346 e. The molecule has 0 aromatic carbocycles. The number of amides is 1. The average molecular weight is 237 g/mol. The summed E-state index contributed by atoms with van der Waals surface area (Å²) < 4.78 is 25.4. The molecule has 0 saturated heterocycles. The second-order valence-electron chi connectivity index (χ2n) is 4.53. The molecule has 0 radical (unpaired) electrons. The van der Waals surface area contributed by atoms with Crippen LogP contribution in [0.4, 0.5) is 8.78 Å². The standard InChI is InChI=1S/C10H19F2NO.C2H6/c1-6-13(5)9(14)7(8(11)12)10(2,3)4;1-2/h7-8H,6H2,1-5H3;1-2H3. The molecule has 0 saturated carbocycles. The van der Waals surface area contributed by atoms with Crippen LogP contribution >= 0.6 is 0 Å². The highest BCUT2D eigenvalue weighted by atomic mass is 19.3. The van der Waals surface area contributed by atoms with Crippen molar-refractivity contribution in [3.63, 3.8) is 0 Å². The molecule has 0 aliphatic carbocycles. The van der Waals surface area contributed by atoms with Gasteiger partial charge < -0.3 is 4.90 Å². The van der Waals surface area contributed by atoms with E-state index in [-0.39, 0.29) is 0 Å². The lowest BCUT2D eigenvalue weighted by Gasteiger charge is -2.31. The van der Waals surface area contributed by atoms with Gasteiger partial charge in [0.05, 0.1) is 0 Å². The van der Waals surface area contributed by atoms with Crippen molar-refractivity contribution in [3.05, 3.63) is 0 Å². The number of nitrogens with zero attached hydrogens (tertiary/aromatic N) is 1. The van der Waals surface area contributed by atoms with E-state index >= 15 is 0 Å². The highest BCUT2D eigenvalue weighted by Crippen LogP contribution is 2.32. The minimum absolute atomic E-state index is 0.456.